The van der Waals surface area contributed by atoms with Crippen molar-refractivity contribution < 1.29 is 22.7 Å². The number of anilines is 1. The molecule has 1 aromatic carbocycles. The second kappa shape index (κ2) is 12.5. The van der Waals surface area contributed by atoms with Gasteiger partial charge < -0.3 is 15.4 Å². The third-order valence-corrected chi connectivity index (χ3v) is 8.35. The van der Waals surface area contributed by atoms with E-state index in [9.17, 15) is 23.2 Å². The van der Waals surface area contributed by atoms with Crippen LogP contribution in [0.3, 0.4) is 0 Å². The zero-order chi connectivity index (χ0) is 31.6. The summed E-state index contributed by atoms with van der Waals surface area (Å²) in [6, 6.07) is 10.4. The zero-order valence-electron chi connectivity index (χ0n) is 24.9. The highest BCUT2D eigenvalue weighted by Crippen LogP contribution is 2.41. The van der Waals surface area contributed by atoms with Gasteiger partial charge in [0.1, 0.15) is 23.5 Å². The number of hydrogen-bond donors (Lipinski definition) is 1. The quantitative estimate of drug-likeness (QED) is 0.272. The van der Waals surface area contributed by atoms with Crippen LogP contribution < -0.4 is 15.4 Å². The fourth-order valence-electron chi connectivity index (χ4n) is 6.36. The Bertz CT molecular complexity index is 1710. The number of carbonyl (C=O) groups is 1. The number of aromatic nitrogens is 3. The number of pyridine rings is 2. The summed E-state index contributed by atoms with van der Waals surface area (Å²) in [6.07, 6.45) is 3.51. The predicted molar refractivity (Wildman–Crippen MR) is 161 cm³/mol. The summed E-state index contributed by atoms with van der Waals surface area (Å²) >= 11 is 0. The summed E-state index contributed by atoms with van der Waals surface area (Å²) in [6.45, 7) is 4.99. The van der Waals surface area contributed by atoms with Crippen LogP contribution in [0.15, 0.2) is 48.9 Å². The van der Waals surface area contributed by atoms with Gasteiger partial charge in [0.05, 0.1) is 36.6 Å². The van der Waals surface area contributed by atoms with Crippen molar-refractivity contribution in [1.29, 1.82) is 5.26 Å². The first kappa shape index (κ1) is 30.8. The normalized spacial score (nSPS) is 14.8. The molecule has 5 rings (SSSR count). The lowest BCUT2D eigenvalue weighted by molar-refractivity contribution is 0.0845. The van der Waals surface area contributed by atoms with Gasteiger partial charge in [-0.15, -0.1) is 0 Å². The minimum absolute atomic E-state index is 0.0934. The van der Waals surface area contributed by atoms with Crippen molar-refractivity contribution >= 4 is 17.2 Å². The smallest absolute Gasteiger partial charge is 0.251 e. The Hall–Kier alpha value is -4.63. The number of benzene rings is 1. The fourth-order valence-corrected chi connectivity index (χ4v) is 6.36. The second-order valence-corrected chi connectivity index (χ2v) is 11.2. The Labute approximate surface area is 253 Å². The molecule has 4 aromatic rings. The number of fused-ring (bicyclic) bond motifs is 1. The summed E-state index contributed by atoms with van der Waals surface area (Å²) in [5.74, 6) is 0.0178. The highest BCUT2D eigenvalue weighted by atomic mass is 19.3. The molecule has 1 aliphatic rings. The van der Waals surface area contributed by atoms with Crippen LogP contribution in [0.2, 0.25) is 0 Å². The van der Waals surface area contributed by atoms with Crippen LogP contribution in [0.25, 0.3) is 16.6 Å². The van der Waals surface area contributed by atoms with E-state index in [1.807, 2.05) is 25.1 Å². The average molecular weight is 606 g/mol. The second-order valence-electron chi connectivity index (χ2n) is 11.2. The number of alkyl halides is 2. The van der Waals surface area contributed by atoms with Gasteiger partial charge in [-0.05, 0) is 75.2 Å². The number of nitrogens with two attached hydrogens (primary N) is 1. The molecule has 1 fully saturated rings. The van der Waals surface area contributed by atoms with E-state index in [4.69, 9.17) is 15.5 Å². The van der Waals surface area contributed by atoms with Gasteiger partial charge in [-0.2, -0.15) is 10.4 Å². The number of likely N-dealkylation sites (N-methyl/N-ethyl adjacent to an activating group) is 1. The van der Waals surface area contributed by atoms with Crippen molar-refractivity contribution in [2.45, 2.75) is 38.5 Å². The monoisotopic (exact) mass is 605 g/mol. The fraction of sp³-hybridized carbons (Fsp3) is 0.375. The number of halogens is 3. The number of carbonyl (C=O) groups excluding carboxylic acids is 1. The largest absolute Gasteiger partial charge is 0.492 e. The molecular formula is C32H34F3N7O2. The number of piperidine rings is 1. The van der Waals surface area contributed by atoms with Crippen LogP contribution in [0.5, 0.6) is 5.75 Å². The van der Waals surface area contributed by atoms with E-state index in [0.717, 1.165) is 23.0 Å². The third kappa shape index (κ3) is 6.05. The summed E-state index contributed by atoms with van der Waals surface area (Å²) in [4.78, 5) is 20.5. The number of rotatable bonds is 10. The molecule has 0 atom stereocenters. The van der Waals surface area contributed by atoms with Crippen LogP contribution in [-0.4, -0.2) is 71.7 Å². The first-order chi connectivity index (χ1) is 21.0. The number of hydrogen-bond acceptors (Lipinski definition) is 7. The highest BCUT2D eigenvalue weighted by Gasteiger charge is 2.40. The van der Waals surface area contributed by atoms with Crippen LogP contribution in [-0.2, 0) is 5.41 Å². The van der Waals surface area contributed by atoms with E-state index in [1.54, 1.807) is 35.8 Å². The van der Waals surface area contributed by atoms with Crippen molar-refractivity contribution in [2.75, 3.05) is 44.7 Å². The Morgan fingerprint density at radius 1 is 1.23 bits per heavy atom. The van der Waals surface area contributed by atoms with Gasteiger partial charge in [0.15, 0.2) is 0 Å². The lowest BCUT2D eigenvalue weighted by Crippen LogP contribution is -2.49. The van der Waals surface area contributed by atoms with Gasteiger partial charge in [0.25, 0.3) is 6.43 Å². The first-order valence-electron chi connectivity index (χ1n) is 14.4. The molecule has 1 aliphatic heterocycles. The minimum atomic E-state index is -2.52. The Morgan fingerprint density at radius 2 is 1.98 bits per heavy atom. The van der Waals surface area contributed by atoms with Crippen molar-refractivity contribution in [3.63, 3.8) is 0 Å². The third-order valence-electron chi connectivity index (χ3n) is 8.35. The van der Waals surface area contributed by atoms with E-state index in [2.05, 4.69) is 16.1 Å². The van der Waals surface area contributed by atoms with E-state index >= 15 is 0 Å². The molecule has 3 aromatic heterocycles. The summed E-state index contributed by atoms with van der Waals surface area (Å²) in [7, 11) is 1.62. The van der Waals surface area contributed by atoms with Crippen LogP contribution >= 0.6 is 0 Å². The van der Waals surface area contributed by atoms with Crippen molar-refractivity contribution in [1.82, 2.24) is 19.5 Å². The van der Waals surface area contributed by atoms with Crippen LogP contribution in [0, 0.1) is 24.1 Å². The molecule has 1 amide bonds. The Balaban J connectivity index is 1.44. The van der Waals surface area contributed by atoms with Gasteiger partial charge >= 0.3 is 0 Å². The SMILES string of the molecule is CCOc1cc(-c2ccc(N3CCC(CN(C)CC(F)F)(c4cc(F)cc(C(N)=O)c4C)CC3)nc2)c2c(C#N)cnn2c1. The maximum absolute atomic E-state index is 14.8. The molecule has 4 heterocycles. The predicted octanol–water partition coefficient (Wildman–Crippen LogP) is 4.95. The van der Waals surface area contributed by atoms with Crippen LogP contribution in [0.1, 0.15) is 46.8 Å². The molecule has 230 valence electrons. The molecule has 0 unspecified atom stereocenters. The molecule has 9 nitrogen and oxygen atoms in total. The summed E-state index contributed by atoms with van der Waals surface area (Å²) < 4.78 is 48.7. The molecule has 0 aliphatic carbocycles. The van der Waals surface area contributed by atoms with Gasteiger partial charge in [0, 0.05) is 47.9 Å². The summed E-state index contributed by atoms with van der Waals surface area (Å²) in [5, 5.41) is 13.9. The molecular weight excluding hydrogens is 571 g/mol. The van der Waals surface area contributed by atoms with Crippen molar-refractivity contribution in [3.05, 3.63) is 77.0 Å². The number of primary amides is 1. The van der Waals surface area contributed by atoms with Crippen molar-refractivity contribution in [3.8, 4) is 22.9 Å². The molecule has 0 saturated carbocycles. The standard InChI is InChI=1S/C32H34F3N7O2/c1-4-44-24-13-26(30-22(14-36)16-39-42(30)17-24)21-5-6-29(38-15-21)41-9-7-32(8-10-41,19-40(3)18-28(34)35)27-12-23(33)11-25(20(27)2)31(37)43/h5-6,11-13,15-17,28H,4,7-10,18-19H2,1-3H3,(H2,37,43). The van der Waals surface area contributed by atoms with E-state index in [0.29, 0.717) is 60.5 Å². The minimum Gasteiger partial charge on any atom is -0.492 e. The molecule has 1 saturated heterocycles. The maximum atomic E-state index is 14.8. The van der Waals surface area contributed by atoms with Crippen molar-refractivity contribution in [2.24, 2.45) is 5.73 Å². The van der Waals surface area contributed by atoms with Gasteiger partial charge in [-0.3, -0.25) is 9.69 Å². The average Bonchev–Trinajstić information content (AvgIpc) is 3.41. The number of ether oxygens (including phenoxy) is 1. The van der Waals surface area contributed by atoms with E-state index in [-0.39, 0.29) is 12.1 Å². The number of nitriles is 1. The molecule has 12 heteroatoms. The van der Waals surface area contributed by atoms with Crippen LogP contribution in [0.4, 0.5) is 19.0 Å². The Kier molecular flexibility index (Phi) is 8.78. The number of nitrogens with zero attached hydrogens (tertiary/aromatic N) is 6. The maximum Gasteiger partial charge on any atom is 0.251 e. The van der Waals surface area contributed by atoms with E-state index < -0.39 is 30.1 Å². The molecule has 2 N–H and O–H groups in total. The molecule has 0 bridgehead atoms. The molecule has 0 radical (unpaired) electrons. The molecule has 44 heavy (non-hydrogen) atoms. The molecule has 0 spiro atoms. The lowest BCUT2D eigenvalue weighted by atomic mass is 9.70. The van der Waals surface area contributed by atoms with Gasteiger partial charge in [-0.25, -0.2) is 22.7 Å². The highest BCUT2D eigenvalue weighted by molar-refractivity contribution is 5.94. The number of amides is 1. The van der Waals surface area contributed by atoms with Gasteiger partial charge in [-0.1, -0.05) is 0 Å². The van der Waals surface area contributed by atoms with Gasteiger partial charge in [0.2, 0.25) is 5.91 Å². The van der Waals surface area contributed by atoms with E-state index in [1.165, 1.54) is 12.3 Å². The lowest BCUT2D eigenvalue weighted by Gasteiger charge is -2.45. The summed E-state index contributed by atoms with van der Waals surface area (Å²) in [5.41, 5.74) is 8.77. The zero-order valence-corrected chi connectivity index (χ0v) is 24.9. The Morgan fingerprint density at radius 3 is 2.59 bits per heavy atom. The first-order valence-corrected chi connectivity index (χ1v) is 14.4. The topological polar surface area (TPSA) is 113 Å².